The number of hydrogen-bond acceptors (Lipinski definition) is 3. The Bertz CT molecular complexity index is 497. The van der Waals surface area contributed by atoms with Gasteiger partial charge in [0.1, 0.15) is 11.5 Å². The third-order valence-corrected chi connectivity index (χ3v) is 4.26. The Morgan fingerprint density at radius 1 is 1.35 bits per heavy atom. The molecule has 1 aliphatic rings. The fourth-order valence-electron chi connectivity index (χ4n) is 2.87. The average Bonchev–Trinajstić information content (AvgIpc) is 2.43. The highest BCUT2D eigenvalue weighted by molar-refractivity contribution is 5.63. The molecule has 110 valence electrons. The predicted molar refractivity (Wildman–Crippen MR) is 77.5 cm³/mol. The van der Waals surface area contributed by atoms with Crippen molar-refractivity contribution in [2.75, 3.05) is 5.32 Å². The molecule has 0 saturated heterocycles. The van der Waals surface area contributed by atoms with E-state index in [4.69, 9.17) is 0 Å². The van der Waals surface area contributed by atoms with Crippen molar-refractivity contribution in [2.24, 2.45) is 5.92 Å². The van der Waals surface area contributed by atoms with E-state index in [0.717, 1.165) is 37.7 Å². The van der Waals surface area contributed by atoms with Gasteiger partial charge in [0, 0.05) is 6.04 Å². The molecule has 1 saturated carbocycles. The largest absolute Gasteiger partial charge is 0.377 e. The highest BCUT2D eigenvalue weighted by atomic mass is 19.1. The van der Waals surface area contributed by atoms with E-state index in [1.54, 1.807) is 13.0 Å². The van der Waals surface area contributed by atoms with Crippen LogP contribution in [0.25, 0.3) is 0 Å². The van der Waals surface area contributed by atoms with Gasteiger partial charge in [-0.25, -0.2) is 4.39 Å². The fourth-order valence-corrected chi connectivity index (χ4v) is 2.87. The summed E-state index contributed by atoms with van der Waals surface area (Å²) in [6, 6.07) is 2.80. The van der Waals surface area contributed by atoms with E-state index in [0.29, 0.717) is 11.3 Å². The zero-order valence-corrected chi connectivity index (χ0v) is 12.0. The molecule has 1 N–H and O–H groups in total. The molecule has 0 heterocycles. The minimum atomic E-state index is -0.531. The maximum Gasteiger partial charge on any atom is 0.295 e. The molecular weight excluding hydrogens is 259 g/mol. The van der Waals surface area contributed by atoms with Crippen molar-refractivity contribution in [3.8, 4) is 0 Å². The van der Waals surface area contributed by atoms with Crippen LogP contribution in [-0.4, -0.2) is 11.0 Å². The standard InChI is InChI=1S/C15H21FN2O2/c1-3-11-4-6-12(7-5-11)17-14-8-10(2)13(16)9-15(14)18(19)20/h8-9,11-12,17H,3-7H2,1-2H3. The molecule has 2 rings (SSSR count). The van der Waals surface area contributed by atoms with Gasteiger partial charge in [0.25, 0.3) is 5.69 Å². The Morgan fingerprint density at radius 3 is 2.55 bits per heavy atom. The number of nitrogens with one attached hydrogen (secondary N) is 1. The number of nitro groups is 1. The van der Waals surface area contributed by atoms with E-state index >= 15 is 0 Å². The van der Waals surface area contributed by atoms with E-state index in [1.165, 1.54) is 6.42 Å². The third kappa shape index (κ3) is 3.26. The SMILES string of the molecule is CCC1CCC(Nc2cc(C)c(F)cc2[N+](=O)[O-])CC1. The lowest BCUT2D eigenvalue weighted by Gasteiger charge is -2.29. The second-order valence-corrected chi connectivity index (χ2v) is 5.65. The second-order valence-electron chi connectivity index (χ2n) is 5.65. The zero-order chi connectivity index (χ0) is 14.7. The molecule has 0 aliphatic heterocycles. The van der Waals surface area contributed by atoms with Crippen LogP contribution in [0.5, 0.6) is 0 Å². The molecule has 20 heavy (non-hydrogen) atoms. The topological polar surface area (TPSA) is 55.2 Å². The quantitative estimate of drug-likeness (QED) is 0.656. The molecule has 4 nitrogen and oxygen atoms in total. The molecule has 0 atom stereocenters. The van der Waals surface area contributed by atoms with Crippen LogP contribution >= 0.6 is 0 Å². The molecule has 1 fully saturated rings. The molecule has 0 unspecified atom stereocenters. The number of nitro benzene ring substituents is 1. The first kappa shape index (κ1) is 14.8. The number of nitrogens with zero attached hydrogens (tertiary/aromatic N) is 1. The first-order valence-corrected chi connectivity index (χ1v) is 7.22. The van der Waals surface area contributed by atoms with Gasteiger partial charge in [-0.3, -0.25) is 10.1 Å². The van der Waals surface area contributed by atoms with Crippen LogP contribution in [0.15, 0.2) is 12.1 Å². The molecule has 5 heteroatoms. The average molecular weight is 280 g/mol. The van der Waals surface area contributed by atoms with Crippen molar-refractivity contribution in [1.82, 2.24) is 0 Å². The summed E-state index contributed by atoms with van der Waals surface area (Å²) in [7, 11) is 0. The molecule has 1 aromatic carbocycles. The summed E-state index contributed by atoms with van der Waals surface area (Å²) in [5.74, 6) is 0.245. The lowest BCUT2D eigenvalue weighted by Crippen LogP contribution is -2.26. The van der Waals surface area contributed by atoms with Gasteiger partial charge in [0.15, 0.2) is 0 Å². The smallest absolute Gasteiger partial charge is 0.295 e. The van der Waals surface area contributed by atoms with Gasteiger partial charge in [-0.15, -0.1) is 0 Å². The number of halogens is 1. The molecule has 0 spiro atoms. The maximum absolute atomic E-state index is 13.5. The summed E-state index contributed by atoms with van der Waals surface area (Å²) in [6.07, 6.45) is 5.55. The minimum absolute atomic E-state index is 0.175. The summed E-state index contributed by atoms with van der Waals surface area (Å²) >= 11 is 0. The molecule has 0 radical (unpaired) electrons. The van der Waals surface area contributed by atoms with Gasteiger partial charge >= 0.3 is 0 Å². The van der Waals surface area contributed by atoms with E-state index in [9.17, 15) is 14.5 Å². The summed E-state index contributed by atoms with van der Waals surface area (Å²) < 4.78 is 13.5. The summed E-state index contributed by atoms with van der Waals surface area (Å²) in [5.41, 5.74) is 0.694. The number of anilines is 1. The number of aryl methyl sites for hydroxylation is 1. The van der Waals surface area contributed by atoms with Crippen LogP contribution in [-0.2, 0) is 0 Å². The van der Waals surface area contributed by atoms with Crippen LogP contribution in [0.2, 0.25) is 0 Å². The molecule has 1 aliphatic carbocycles. The summed E-state index contributed by atoms with van der Waals surface area (Å²) in [5, 5.41) is 14.3. The van der Waals surface area contributed by atoms with E-state index in [2.05, 4.69) is 12.2 Å². The highest BCUT2D eigenvalue weighted by Crippen LogP contribution is 2.32. The van der Waals surface area contributed by atoms with Crippen LogP contribution in [0.3, 0.4) is 0 Å². The van der Waals surface area contributed by atoms with Crippen molar-refractivity contribution >= 4 is 11.4 Å². The van der Waals surface area contributed by atoms with Crippen molar-refractivity contribution < 1.29 is 9.31 Å². The minimum Gasteiger partial charge on any atom is -0.377 e. The zero-order valence-electron chi connectivity index (χ0n) is 12.0. The van der Waals surface area contributed by atoms with Gasteiger partial charge in [-0.05, 0) is 50.2 Å². The predicted octanol–water partition coefficient (Wildman–Crippen LogP) is 4.42. The van der Waals surface area contributed by atoms with Crippen LogP contribution in [0.4, 0.5) is 15.8 Å². The molecule has 0 amide bonds. The van der Waals surface area contributed by atoms with Gasteiger partial charge in [-0.2, -0.15) is 0 Å². The maximum atomic E-state index is 13.5. The lowest BCUT2D eigenvalue weighted by atomic mass is 9.84. The molecular formula is C15H21FN2O2. The van der Waals surface area contributed by atoms with Crippen molar-refractivity contribution in [3.63, 3.8) is 0 Å². The van der Waals surface area contributed by atoms with Crippen LogP contribution in [0.1, 0.15) is 44.6 Å². The first-order valence-electron chi connectivity index (χ1n) is 7.22. The Balaban J connectivity index is 2.13. The monoisotopic (exact) mass is 280 g/mol. The molecule has 0 aromatic heterocycles. The number of hydrogen-bond donors (Lipinski definition) is 1. The van der Waals surface area contributed by atoms with Crippen LogP contribution in [0, 0.1) is 28.8 Å². The van der Waals surface area contributed by atoms with Gasteiger partial charge < -0.3 is 5.32 Å². The summed E-state index contributed by atoms with van der Waals surface area (Å²) in [4.78, 5) is 10.5. The Kier molecular flexibility index (Phi) is 4.57. The van der Waals surface area contributed by atoms with Crippen LogP contribution < -0.4 is 5.32 Å². The van der Waals surface area contributed by atoms with Gasteiger partial charge in [0.2, 0.25) is 0 Å². The Morgan fingerprint density at radius 2 is 2.00 bits per heavy atom. The van der Waals surface area contributed by atoms with E-state index in [1.807, 2.05) is 0 Å². The third-order valence-electron chi connectivity index (χ3n) is 4.26. The Hall–Kier alpha value is -1.65. The number of benzene rings is 1. The van der Waals surface area contributed by atoms with Gasteiger partial charge in [0.05, 0.1) is 11.0 Å². The molecule has 1 aromatic rings. The first-order chi connectivity index (χ1) is 9.51. The highest BCUT2D eigenvalue weighted by Gasteiger charge is 2.23. The van der Waals surface area contributed by atoms with Crippen molar-refractivity contribution in [2.45, 2.75) is 52.0 Å². The molecule has 0 bridgehead atoms. The van der Waals surface area contributed by atoms with Crippen molar-refractivity contribution in [3.05, 3.63) is 33.6 Å². The Labute approximate surface area is 118 Å². The summed E-state index contributed by atoms with van der Waals surface area (Å²) in [6.45, 7) is 3.82. The van der Waals surface area contributed by atoms with E-state index < -0.39 is 10.7 Å². The number of rotatable bonds is 4. The van der Waals surface area contributed by atoms with Crippen molar-refractivity contribution in [1.29, 1.82) is 0 Å². The van der Waals surface area contributed by atoms with E-state index in [-0.39, 0.29) is 11.7 Å². The second kappa shape index (κ2) is 6.20. The normalized spacial score (nSPS) is 22.6. The fraction of sp³-hybridized carbons (Fsp3) is 0.600. The van der Waals surface area contributed by atoms with Gasteiger partial charge in [-0.1, -0.05) is 13.3 Å². The lowest BCUT2D eigenvalue weighted by molar-refractivity contribution is -0.384.